The Bertz CT molecular complexity index is 460. The standard InChI is InChI=1S/C16H22N2O/c1-5-11-18(12-6-2)16(19)14-9-7-8-10-15(14)17-13(3)4/h1,7-10,13,17H,6,11-12H2,2-4H3. The number of carbonyl (C=O) groups excluding carboxylic acids is 1. The zero-order valence-electron chi connectivity index (χ0n) is 11.9. The van der Waals surface area contributed by atoms with E-state index >= 15 is 0 Å². The highest BCUT2D eigenvalue weighted by Gasteiger charge is 2.17. The van der Waals surface area contributed by atoms with Crippen molar-refractivity contribution in [1.82, 2.24) is 4.90 Å². The SMILES string of the molecule is C#CCN(CCC)C(=O)c1ccccc1NC(C)C. The molecule has 1 aromatic rings. The van der Waals surface area contributed by atoms with E-state index in [4.69, 9.17) is 6.42 Å². The maximum atomic E-state index is 12.5. The number of benzene rings is 1. The maximum Gasteiger partial charge on any atom is 0.256 e. The molecule has 0 saturated heterocycles. The molecule has 0 aliphatic heterocycles. The highest BCUT2D eigenvalue weighted by molar-refractivity contribution is 5.99. The number of hydrogen-bond acceptors (Lipinski definition) is 2. The Labute approximate surface area is 116 Å². The molecular formula is C16H22N2O. The number of terminal acetylenes is 1. The molecule has 0 saturated carbocycles. The minimum atomic E-state index is -0.0106. The van der Waals surface area contributed by atoms with Gasteiger partial charge >= 0.3 is 0 Å². The van der Waals surface area contributed by atoms with Crippen LogP contribution in [-0.2, 0) is 0 Å². The summed E-state index contributed by atoms with van der Waals surface area (Å²) in [6, 6.07) is 7.84. The normalized spacial score (nSPS) is 10.1. The van der Waals surface area contributed by atoms with Gasteiger partial charge in [-0.25, -0.2) is 0 Å². The molecule has 3 heteroatoms. The van der Waals surface area contributed by atoms with Crippen LogP contribution in [-0.4, -0.2) is 29.9 Å². The van der Waals surface area contributed by atoms with E-state index in [1.807, 2.05) is 45.0 Å². The van der Waals surface area contributed by atoms with Crippen molar-refractivity contribution in [3.05, 3.63) is 29.8 Å². The van der Waals surface area contributed by atoms with E-state index in [1.54, 1.807) is 4.90 Å². The lowest BCUT2D eigenvalue weighted by Crippen LogP contribution is -2.32. The van der Waals surface area contributed by atoms with Crippen LogP contribution >= 0.6 is 0 Å². The fraction of sp³-hybridized carbons (Fsp3) is 0.438. The number of carbonyl (C=O) groups is 1. The van der Waals surface area contributed by atoms with Gasteiger partial charge in [-0.05, 0) is 32.4 Å². The molecule has 0 aliphatic carbocycles. The van der Waals surface area contributed by atoms with Crippen molar-refractivity contribution in [2.45, 2.75) is 33.2 Å². The molecule has 1 amide bonds. The molecule has 0 aliphatic rings. The van der Waals surface area contributed by atoms with Crippen molar-refractivity contribution in [3.8, 4) is 12.3 Å². The molecule has 0 spiro atoms. The number of rotatable bonds is 6. The van der Waals surface area contributed by atoms with Gasteiger partial charge in [0, 0.05) is 18.3 Å². The fourth-order valence-electron chi connectivity index (χ4n) is 1.91. The van der Waals surface area contributed by atoms with E-state index < -0.39 is 0 Å². The summed E-state index contributed by atoms with van der Waals surface area (Å²) in [7, 11) is 0. The first-order valence-electron chi connectivity index (χ1n) is 6.68. The number of nitrogens with one attached hydrogen (secondary N) is 1. The monoisotopic (exact) mass is 258 g/mol. The summed E-state index contributed by atoms with van der Waals surface area (Å²) in [5.74, 6) is 2.54. The number of para-hydroxylation sites is 1. The molecule has 102 valence electrons. The fourth-order valence-corrected chi connectivity index (χ4v) is 1.91. The van der Waals surface area contributed by atoms with E-state index in [0.29, 0.717) is 18.7 Å². The first-order valence-corrected chi connectivity index (χ1v) is 6.68. The molecule has 1 aromatic carbocycles. The molecule has 0 atom stereocenters. The van der Waals surface area contributed by atoms with Crippen molar-refractivity contribution in [2.24, 2.45) is 0 Å². The Morgan fingerprint density at radius 2 is 2.11 bits per heavy atom. The van der Waals surface area contributed by atoms with Crippen LogP contribution in [0.15, 0.2) is 24.3 Å². The molecule has 1 rings (SSSR count). The van der Waals surface area contributed by atoms with E-state index in [1.165, 1.54) is 0 Å². The van der Waals surface area contributed by atoms with Crippen LogP contribution in [0.4, 0.5) is 5.69 Å². The summed E-state index contributed by atoms with van der Waals surface area (Å²) in [5, 5.41) is 3.29. The van der Waals surface area contributed by atoms with E-state index in [9.17, 15) is 4.79 Å². The molecule has 0 aromatic heterocycles. The molecule has 3 nitrogen and oxygen atoms in total. The molecule has 1 N–H and O–H groups in total. The van der Waals surface area contributed by atoms with Crippen LogP contribution in [0.3, 0.4) is 0 Å². The average molecular weight is 258 g/mol. The highest BCUT2D eigenvalue weighted by Crippen LogP contribution is 2.18. The summed E-state index contributed by atoms with van der Waals surface area (Å²) in [6.45, 7) is 7.16. The first kappa shape index (κ1) is 15.1. The van der Waals surface area contributed by atoms with Gasteiger partial charge in [0.25, 0.3) is 5.91 Å². The minimum Gasteiger partial charge on any atom is -0.382 e. The quantitative estimate of drug-likeness (QED) is 0.796. The van der Waals surface area contributed by atoms with Crippen molar-refractivity contribution in [2.75, 3.05) is 18.4 Å². The van der Waals surface area contributed by atoms with Gasteiger partial charge in [0.2, 0.25) is 0 Å². The maximum absolute atomic E-state index is 12.5. The minimum absolute atomic E-state index is 0.0106. The second-order valence-electron chi connectivity index (χ2n) is 4.78. The van der Waals surface area contributed by atoms with Gasteiger partial charge < -0.3 is 10.2 Å². The van der Waals surface area contributed by atoms with E-state index in [0.717, 1.165) is 12.1 Å². The predicted molar refractivity (Wildman–Crippen MR) is 80.2 cm³/mol. The lowest BCUT2D eigenvalue weighted by atomic mass is 10.1. The Morgan fingerprint density at radius 1 is 1.42 bits per heavy atom. The topological polar surface area (TPSA) is 32.3 Å². The molecule has 0 heterocycles. The molecule has 0 bridgehead atoms. The zero-order valence-corrected chi connectivity index (χ0v) is 11.9. The molecule has 0 radical (unpaired) electrons. The number of hydrogen-bond donors (Lipinski definition) is 1. The lowest BCUT2D eigenvalue weighted by Gasteiger charge is -2.22. The van der Waals surface area contributed by atoms with Crippen LogP contribution in [0.5, 0.6) is 0 Å². The second-order valence-corrected chi connectivity index (χ2v) is 4.78. The summed E-state index contributed by atoms with van der Waals surface area (Å²) in [4.78, 5) is 14.2. The van der Waals surface area contributed by atoms with E-state index in [-0.39, 0.29) is 11.9 Å². The van der Waals surface area contributed by atoms with Crippen LogP contribution in [0.25, 0.3) is 0 Å². The van der Waals surface area contributed by atoms with Crippen molar-refractivity contribution >= 4 is 11.6 Å². The summed E-state index contributed by atoms with van der Waals surface area (Å²) in [5.41, 5.74) is 1.54. The third-order valence-corrected chi connectivity index (χ3v) is 2.66. The summed E-state index contributed by atoms with van der Waals surface area (Å²) < 4.78 is 0. The Balaban J connectivity index is 3.00. The number of amides is 1. The van der Waals surface area contributed by atoms with Gasteiger partial charge in [-0.2, -0.15) is 0 Å². The van der Waals surface area contributed by atoms with Gasteiger partial charge in [-0.15, -0.1) is 6.42 Å². The van der Waals surface area contributed by atoms with Gasteiger partial charge in [-0.3, -0.25) is 4.79 Å². The van der Waals surface area contributed by atoms with Crippen molar-refractivity contribution in [1.29, 1.82) is 0 Å². The number of nitrogens with zero attached hydrogens (tertiary/aromatic N) is 1. The Morgan fingerprint density at radius 3 is 2.68 bits per heavy atom. The van der Waals surface area contributed by atoms with Crippen molar-refractivity contribution in [3.63, 3.8) is 0 Å². The van der Waals surface area contributed by atoms with Crippen LogP contribution in [0, 0.1) is 12.3 Å². The third kappa shape index (κ3) is 4.33. The van der Waals surface area contributed by atoms with Crippen LogP contribution in [0.2, 0.25) is 0 Å². The molecule has 19 heavy (non-hydrogen) atoms. The van der Waals surface area contributed by atoms with Crippen LogP contribution < -0.4 is 5.32 Å². The lowest BCUT2D eigenvalue weighted by molar-refractivity contribution is 0.0778. The van der Waals surface area contributed by atoms with Crippen molar-refractivity contribution < 1.29 is 4.79 Å². The van der Waals surface area contributed by atoms with Gasteiger partial charge in [0.15, 0.2) is 0 Å². The highest BCUT2D eigenvalue weighted by atomic mass is 16.2. The second kappa shape index (κ2) is 7.48. The molecular weight excluding hydrogens is 236 g/mol. The third-order valence-electron chi connectivity index (χ3n) is 2.66. The van der Waals surface area contributed by atoms with Gasteiger partial charge in [0.05, 0.1) is 12.1 Å². The average Bonchev–Trinajstić information content (AvgIpc) is 2.38. The number of anilines is 1. The van der Waals surface area contributed by atoms with Gasteiger partial charge in [-0.1, -0.05) is 25.0 Å². The van der Waals surface area contributed by atoms with E-state index in [2.05, 4.69) is 11.2 Å². The molecule has 0 unspecified atom stereocenters. The van der Waals surface area contributed by atoms with Gasteiger partial charge in [0.1, 0.15) is 0 Å². The Kier molecular flexibility index (Phi) is 5.95. The zero-order chi connectivity index (χ0) is 14.3. The first-order chi connectivity index (χ1) is 9.10. The summed E-state index contributed by atoms with van der Waals surface area (Å²) in [6.07, 6.45) is 6.23. The largest absolute Gasteiger partial charge is 0.382 e. The predicted octanol–water partition coefficient (Wildman–Crippen LogP) is 2.99. The smallest absolute Gasteiger partial charge is 0.256 e. The Hall–Kier alpha value is -1.95. The van der Waals surface area contributed by atoms with Crippen LogP contribution in [0.1, 0.15) is 37.6 Å². The summed E-state index contributed by atoms with van der Waals surface area (Å²) >= 11 is 0. The molecule has 0 fully saturated rings.